The monoisotopic (exact) mass is 328 g/mol. The van der Waals surface area contributed by atoms with Gasteiger partial charge in [-0.1, -0.05) is 35.5 Å². The average Bonchev–Trinajstić information content (AvgIpc) is 2.98. The number of halogens is 2. The molecule has 1 aromatic heterocycles. The zero-order chi connectivity index (χ0) is 16.2. The van der Waals surface area contributed by atoms with Crippen LogP contribution in [-0.4, -0.2) is 18.1 Å². The Hall–Kier alpha value is -2.45. The third-order valence-electron chi connectivity index (χ3n) is 3.49. The van der Waals surface area contributed by atoms with Gasteiger partial charge in [0.05, 0.1) is 16.8 Å². The van der Waals surface area contributed by atoms with Gasteiger partial charge in [-0.25, -0.2) is 13.8 Å². The molecule has 0 saturated heterocycles. The largest absolute Gasteiger partial charge is 0.337 e. The van der Waals surface area contributed by atoms with E-state index in [4.69, 9.17) is 6.42 Å². The topological polar surface area (TPSA) is 16.1 Å². The van der Waals surface area contributed by atoms with Crippen LogP contribution in [0, 0.1) is 24.0 Å². The molecule has 0 unspecified atom stereocenters. The lowest BCUT2D eigenvalue weighted by Crippen LogP contribution is -2.26. The minimum absolute atomic E-state index is 0.254. The first-order valence-electron chi connectivity index (χ1n) is 7.15. The van der Waals surface area contributed by atoms with Crippen molar-refractivity contribution in [3.63, 3.8) is 0 Å². The summed E-state index contributed by atoms with van der Waals surface area (Å²) in [6.45, 7) is 1.03. The second-order valence-electron chi connectivity index (χ2n) is 5.09. The van der Waals surface area contributed by atoms with Crippen molar-refractivity contribution in [3.05, 3.63) is 59.7 Å². The van der Waals surface area contributed by atoms with E-state index in [0.717, 1.165) is 5.56 Å². The summed E-state index contributed by atoms with van der Waals surface area (Å²) in [4.78, 5) is 6.41. The van der Waals surface area contributed by atoms with E-state index in [1.807, 2.05) is 4.90 Å². The normalized spacial score (nSPS) is 10.7. The molecule has 0 aliphatic carbocycles. The molecule has 0 fully saturated rings. The maximum atomic E-state index is 13.8. The SMILES string of the molecule is C#CCN(CCc1ccc(F)cc1)c1nc2cccc(F)c2s1. The highest BCUT2D eigenvalue weighted by molar-refractivity contribution is 7.22. The van der Waals surface area contributed by atoms with Crippen LogP contribution in [0.1, 0.15) is 5.56 Å². The number of terminal acetylenes is 1. The van der Waals surface area contributed by atoms with E-state index in [1.165, 1.54) is 29.5 Å². The van der Waals surface area contributed by atoms with Crippen LogP contribution in [0.4, 0.5) is 13.9 Å². The third kappa shape index (κ3) is 3.49. The Morgan fingerprint density at radius 3 is 2.61 bits per heavy atom. The minimum atomic E-state index is -0.273. The predicted molar refractivity (Wildman–Crippen MR) is 90.7 cm³/mol. The number of nitrogens with zero attached hydrogens (tertiary/aromatic N) is 2. The lowest BCUT2D eigenvalue weighted by Gasteiger charge is -2.18. The third-order valence-corrected chi connectivity index (χ3v) is 4.63. The van der Waals surface area contributed by atoms with Gasteiger partial charge in [0.1, 0.15) is 11.6 Å². The van der Waals surface area contributed by atoms with Crippen LogP contribution in [-0.2, 0) is 6.42 Å². The molecule has 0 radical (unpaired) electrons. The number of anilines is 1. The average molecular weight is 328 g/mol. The Bertz CT molecular complexity index is 850. The summed E-state index contributed by atoms with van der Waals surface area (Å²) in [5.74, 6) is 2.08. The van der Waals surface area contributed by atoms with E-state index in [0.29, 0.717) is 34.9 Å². The van der Waals surface area contributed by atoms with E-state index in [2.05, 4.69) is 10.9 Å². The molecule has 23 heavy (non-hydrogen) atoms. The van der Waals surface area contributed by atoms with Crippen molar-refractivity contribution in [2.24, 2.45) is 0 Å². The van der Waals surface area contributed by atoms with Gasteiger partial charge in [0.15, 0.2) is 5.13 Å². The second-order valence-corrected chi connectivity index (χ2v) is 6.06. The Balaban J connectivity index is 1.81. The maximum absolute atomic E-state index is 13.8. The van der Waals surface area contributed by atoms with E-state index in [9.17, 15) is 8.78 Å². The van der Waals surface area contributed by atoms with Crippen molar-refractivity contribution in [3.8, 4) is 12.3 Å². The number of fused-ring (bicyclic) bond motifs is 1. The van der Waals surface area contributed by atoms with Gasteiger partial charge in [0.2, 0.25) is 0 Å². The summed E-state index contributed by atoms with van der Waals surface area (Å²) in [5.41, 5.74) is 1.65. The van der Waals surface area contributed by atoms with Crippen LogP contribution in [0.15, 0.2) is 42.5 Å². The Labute approximate surface area is 137 Å². The molecule has 0 N–H and O–H groups in total. The van der Waals surface area contributed by atoms with Gasteiger partial charge in [-0.05, 0) is 36.2 Å². The lowest BCUT2D eigenvalue weighted by atomic mass is 10.1. The molecule has 0 bridgehead atoms. The van der Waals surface area contributed by atoms with Gasteiger partial charge in [-0.2, -0.15) is 0 Å². The van der Waals surface area contributed by atoms with Crippen molar-refractivity contribution in [1.29, 1.82) is 0 Å². The highest BCUT2D eigenvalue weighted by atomic mass is 32.1. The number of rotatable bonds is 5. The van der Waals surface area contributed by atoms with E-state index >= 15 is 0 Å². The zero-order valence-corrected chi connectivity index (χ0v) is 13.1. The molecule has 0 aliphatic rings. The molecule has 0 saturated carbocycles. The molecule has 0 atom stereocenters. The van der Waals surface area contributed by atoms with Crippen molar-refractivity contribution >= 4 is 26.7 Å². The molecule has 1 heterocycles. The van der Waals surface area contributed by atoms with Crippen LogP contribution in [0.2, 0.25) is 0 Å². The quantitative estimate of drug-likeness (QED) is 0.651. The second kappa shape index (κ2) is 6.76. The van der Waals surface area contributed by atoms with Crippen molar-refractivity contribution in [2.45, 2.75) is 6.42 Å². The van der Waals surface area contributed by atoms with E-state index < -0.39 is 0 Å². The molecule has 3 rings (SSSR count). The first kappa shape index (κ1) is 15.4. The fourth-order valence-electron chi connectivity index (χ4n) is 2.31. The number of hydrogen-bond acceptors (Lipinski definition) is 3. The molecule has 2 nitrogen and oxygen atoms in total. The summed E-state index contributed by atoms with van der Waals surface area (Å²) in [6.07, 6.45) is 6.15. The van der Waals surface area contributed by atoms with Gasteiger partial charge in [-0.15, -0.1) is 6.42 Å². The fourth-order valence-corrected chi connectivity index (χ4v) is 3.30. The molecule has 116 valence electrons. The molecule has 2 aromatic carbocycles. The summed E-state index contributed by atoms with van der Waals surface area (Å²) in [7, 11) is 0. The standard InChI is InChI=1S/C18H14F2N2S/c1-2-11-22(12-10-13-6-8-14(19)9-7-13)18-21-16-5-3-4-15(20)17(16)23-18/h1,3-9H,10-12H2. The summed E-state index contributed by atoms with van der Waals surface area (Å²) in [5, 5.41) is 0.699. The number of benzene rings is 2. The molecule has 0 amide bonds. The molecule has 0 aliphatic heterocycles. The van der Waals surface area contributed by atoms with Gasteiger partial charge < -0.3 is 4.90 Å². The molecular weight excluding hydrogens is 314 g/mol. The van der Waals surface area contributed by atoms with Crippen molar-refractivity contribution in [2.75, 3.05) is 18.0 Å². The Kier molecular flexibility index (Phi) is 4.54. The van der Waals surface area contributed by atoms with Crippen molar-refractivity contribution < 1.29 is 8.78 Å². The number of thiazole rings is 1. The minimum Gasteiger partial charge on any atom is -0.337 e. The van der Waals surface area contributed by atoms with E-state index in [-0.39, 0.29) is 11.6 Å². The van der Waals surface area contributed by atoms with Crippen LogP contribution in [0.25, 0.3) is 10.2 Å². The molecule has 5 heteroatoms. The number of hydrogen-bond donors (Lipinski definition) is 0. The van der Waals surface area contributed by atoms with Crippen LogP contribution >= 0.6 is 11.3 Å². The van der Waals surface area contributed by atoms with Gasteiger partial charge in [-0.3, -0.25) is 0 Å². The lowest BCUT2D eigenvalue weighted by molar-refractivity contribution is 0.627. The van der Waals surface area contributed by atoms with Crippen LogP contribution in [0.5, 0.6) is 0 Å². The molecule has 3 aromatic rings. The first-order valence-corrected chi connectivity index (χ1v) is 7.97. The van der Waals surface area contributed by atoms with E-state index in [1.54, 1.807) is 24.3 Å². The number of aromatic nitrogens is 1. The molecular formula is C18H14F2N2S. The zero-order valence-electron chi connectivity index (χ0n) is 12.3. The first-order chi connectivity index (χ1) is 11.2. The van der Waals surface area contributed by atoms with Gasteiger partial charge >= 0.3 is 0 Å². The fraction of sp³-hybridized carbons (Fsp3) is 0.167. The van der Waals surface area contributed by atoms with Crippen LogP contribution in [0.3, 0.4) is 0 Å². The Morgan fingerprint density at radius 2 is 1.91 bits per heavy atom. The Morgan fingerprint density at radius 1 is 1.13 bits per heavy atom. The summed E-state index contributed by atoms with van der Waals surface area (Å²) >= 11 is 1.29. The highest BCUT2D eigenvalue weighted by Crippen LogP contribution is 2.30. The van der Waals surface area contributed by atoms with Gasteiger partial charge in [0.25, 0.3) is 0 Å². The van der Waals surface area contributed by atoms with Crippen molar-refractivity contribution in [1.82, 2.24) is 4.98 Å². The van der Waals surface area contributed by atoms with Crippen LogP contribution < -0.4 is 4.90 Å². The summed E-state index contributed by atoms with van der Waals surface area (Å²) < 4.78 is 27.3. The highest BCUT2D eigenvalue weighted by Gasteiger charge is 2.13. The van der Waals surface area contributed by atoms with Gasteiger partial charge in [0, 0.05) is 6.54 Å². The predicted octanol–water partition coefficient (Wildman–Crippen LogP) is 4.26. The smallest absolute Gasteiger partial charge is 0.187 e. The molecule has 0 spiro atoms. The maximum Gasteiger partial charge on any atom is 0.187 e. The summed E-state index contributed by atoms with van der Waals surface area (Å²) in [6, 6.07) is 11.2.